The van der Waals surface area contributed by atoms with Crippen LogP contribution in [0.5, 0.6) is 5.75 Å². The number of aliphatic carboxylic acids is 1. The molecule has 1 aromatic heterocycles. The highest BCUT2D eigenvalue weighted by molar-refractivity contribution is 7.85. The second-order valence-electron chi connectivity index (χ2n) is 9.18. The van der Waals surface area contributed by atoms with E-state index in [0.717, 1.165) is 55.9 Å². The van der Waals surface area contributed by atoms with Crippen molar-refractivity contribution in [3.05, 3.63) is 64.3 Å². The minimum absolute atomic E-state index is 0.0258. The maximum atomic E-state index is 12.9. The minimum Gasteiger partial charge on any atom is -0.484 e. The molecule has 0 bridgehead atoms. The lowest BCUT2D eigenvalue weighted by Crippen LogP contribution is -2.38. The van der Waals surface area contributed by atoms with Gasteiger partial charge < -0.3 is 14.6 Å². The number of hydrogen-bond acceptors (Lipinski definition) is 5. The zero-order chi connectivity index (χ0) is 24.9. The van der Waals surface area contributed by atoms with E-state index in [2.05, 4.69) is 0 Å². The van der Waals surface area contributed by atoms with Gasteiger partial charge in [0.05, 0.1) is 43.8 Å². The molecular weight excluding hydrogens is 464 g/mol. The largest absolute Gasteiger partial charge is 0.484 e. The van der Waals surface area contributed by atoms with Crippen molar-refractivity contribution in [1.82, 2.24) is 4.98 Å². The average molecular weight is 493 g/mol. The number of anilines is 1. The summed E-state index contributed by atoms with van der Waals surface area (Å²) < 4.78 is 26.0. The highest BCUT2D eigenvalue weighted by Gasteiger charge is 2.33. The number of ether oxygens (including phenoxy) is 2. The average Bonchev–Trinajstić information content (AvgIpc) is 2.79. The van der Waals surface area contributed by atoms with Crippen LogP contribution in [0.15, 0.2) is 36.5 Å². The second kappa shape index (κ2) is 9.09. The maximum absolute atomic E-state index is 12.9. The van der Waals surface area contributed by atoms with E-state index in [1.807, 2.05) is 55.4 Å². The van der Waals surface area contributed by atoms with Crippen LogP contribution in [0.1, 0.15) is 27.8 Å². The maximum Gasteiger partial charge on any atom is 0.307 e. The van der Waals surface area contributed by atoms with Crippen molar-refractivity contribution in [3.8, 4) is 28.1 Å². The summed E-state index contributed by atoms with van der Waals surface area (Å²) in [5, 5.41) is 9.75. The molecule has 35 heavy (non-hydrogen) atoms. The van der Waals surface area contributed by atoms with Gasteiger partial charge in [0.15, 0.2) is 0 Å². The lowest BCUT2D eigenvalue weighted by atomic mass is 9.82. The van der Waals surface area contributed by atoms with E-state index in [1.165, 1.54) is 0 Å². The van der Waals surface area contributed by atoms with Crippen LogP contribution in [0.3, 0.4) is 0 Å². The van der Waals surface area contributed by atoms with Crippen molar-refractivity contribution in [3.63, 3.8) is 0 Å². The highest BCUT2D eigenvalue weighted by atomic mass is 32.2. The summed E-state index contributed by atoms with van der Waals surface area (Å²) in [6.07, 6.45) is 3.28. The molecule has 1 fully saturated rings. The molecule has 1 N–H and O–H groups in total. The molecule has 2 aromatic carbocycles. The number of hydrogen-bond donors (Lipinski definition) is 1. The van der Waals surface area contributed by atoms with E-state index in [0.29, 0.717) is 25.5 Å². The lowest BCUT2D eigenvalue weighted by molar-refractivity contribution is -0.136. The van der Waals surface area contributed by atoms with Gasteiger partial charge in [-0.05, 0) is 54.7 Å². The first-order chi connectivity index (χ1) is 16.7. The third kappa shape index (κ3) is 4.21. The number of carbonyl (C=O) groups is 1. The number of pyridine rings is 1. The molecule has 1 atom stereocenters. The van der Waals surface area contributed by atoms with Crippen LogP contribution >= 0.6 is 0 Å². The summed E-state index contributed by atoms with van der Waals surface area (Å²) >= 11 is 0. The predicted octanol–water partition coefficient (Wildman–Crippen LogP) is 4.36. The zero-order valence-electron chi connectivity index (χ0n) is 20.3. The third-order valence-corrected chi connectivity index (χ3v) is 7.66. The Kier molecular flexibility index (Phi) is 6.11. The van der Waals surface area contributed by atoms with Gasteiger partial charge in [-0.15, -0.1) is 0 Å². The van der Waals surface area contributed by atoms with Crippen LogP contribution in [0.4, 0.5) is 5.69 Å². The Balaban J connectivity index is 1.76. The number of aryl methyl sites for hydroxylation is 1. The van der Waals surface area contributed by atoms with Crippen LogP contribution in [0.2, 0.25) is 0 Å². The molecule has 2 aliphatic heterocycles. The Morgan fingerprint density at radius 3 is 2.49 bits per heavy atom. The summed E-state index contributed by atoms with van der Waals surface area (Å²) in [5.41, 5.74) is 8.88. The topological polar surface area (TPSA) is 89.0 Å². The normalized spacial score (nSPS) is 15.7. The first-order valence-electron chi connectivity index (χ1n) is 11.5. The Morgan fingerprint density at radius 1 is 1.17 bits per heavy atom. The molecule has 0 radical (unpaired) electrons. The van der Waals surface area contributed by atoms with Crippen LogP contribution in [-0.4, -0.2) is 45.8 Å². The molecule has 0 aliphatic carbocycles. The van der Waals surface area contributed by atoms with Gasteiger partial charge in [0.2, 0.25) is 0 Å². The molecule has 1 unspecified atom stereocenters. The van der Waals surface area contributed by atoms with E-state index in [-0.39, 0.29) is 12.5 Å². The molecule has 2 aliphatic rings. The Bertz CT molecular complexity index is 1350. The second-order valence-corrected chi connectivity index (χ2v) is 10.5. The summed E-state index contributed by atoms with van der Waals surface area (Å²) in [6.45, 7) is 7.48. The van der Waals surface area contributed by atoms with Crippen LogP contribution in [0, 0.1) is 20.8 Å². The van der Waals surface area contributed by atoms with Gasteiger partial charge in [0, 0.05) is 17.4 Å². The number of carboxylic acids is 1. The standard InChI is InChI=1S/C27H28N2O5S/c1-15-5-7-18(8-6-15)24-17(3)25-26-19(9-20(11-28-26)34-21-13-33-14-21)12-29(35(4)32)27(25)16(2)22(24)10-23(30)31/h5-9,11,21H,10,12-14H2,1-4H3,(H,30,31). The van der Waals surface area contributed by atoms with Gasteiger partial charge in [-0.1, -0.05) is 29.8 Å². The predicted molar refractivity (Wildman–Crippen MR) is 136 cm³/mol. The Morgan fingerprint density at radius 2 is 1.89 bits per heavy atom. The third-order valence-electron chi connectivity index (χ3n) is 6.73. The molecule has 0 amide bonds. The van der Waals surface area contributed by atoms with E-state index < -0.39 is 17.0 Å². The minimum atomic E-state index is -1.32. The summed E-state index contributed by atoms with van der Waals surface area (Å²) in [5.74, 6) is -0.237. The first kappa shape index (κ1) is 23.5. The van der Waals surface area contributed by atoms with E-state index in [1.54, 1.807) is 12.5 Å². The summed E-state index contributed by atoms with van der Waals surface area (Å²) in [7, 11) is -1.32. The fraction of sp³-hybridized carbons (Fsp3) is 0.333. The Labute approximate surface area is 207 Å². The van der Waals surface area contributed by atoms with E-state index in [4.69, 9.17) is 14.5 Å². The van der Waals surface area contributed by atoms with Gasteiger partial charge in [0.1, 0.15) is 22.8 Å². The number of fused-ring (bicyclic) bond motifs is 3. The number of carboxylic acid groups (broad SMARTS) is 1. The first-order valence-corrected chi connectivity index (χ1v) is 13.1. The van der Waals surface area contributed by atoms with Gasteiger partial charge in [-0.2, -0.15) is 0 Å². The molecule has 182 valence electrons. The molecule has 0 saturated carbocycles. The van der Waals surface area contributed by atoms with Crippen molar-refractivity contribution in [2.75, 3.05) is 23.8 Å². The van der Waals surface area contributed by atoms with Gasteiger partial charge >= 0.3 is 5.97 Å². The van der Waals surface area contributed by atoms with Crippen LogP contribution in [-0.2, 0) is 33.5 Å². The highest BCUT2D eigenvalue weighted by Crippen LogP contribution is 2.48. The SMILES string of the molecule is Cc1ccc(-c2c(C)c3c(c(C)c2CC(=O)O)N(S(C)=O)Cc2cc(OC4COC4)cnc2-3)cc1. The van der Waals surface area contributed by atoms with Crippen molar-refractivity contribution in [2.45, 2.75) is 39.8 Å². The molecular formula is C27H28N2O5S. The monoisotopic (exact) mass is 492 g/mol. The molecule has 1 saturated heterocycles. The summed E-state index contributed by atoms with van der Waals surface area (Å²) in [6, 6.07) is 10.1. The van der Waals surface area contributed by atoms with Gasteiger partial charge in [0.25, 0.3) is 0 Å². The van der Waals surface area contributed by atoms with Gasteiger partial charge in [-0.3, -0.25) is 14.1 Å². The number of benzene rings is 2. The van der Waals surface area contributed by atoms with Crippen molar-refractivity contribution in [1.29, 1.82) is 0 Å². The fourth-order valence-corrected chi connectivity index (χ4v) is 5.76. The van der Waals surface area contributed by atoms with E-state index >= 15 is 0 Å². The molecule has 3 heterocycles. The van der Waals surface area contributed by atoms with Crippen molar-refractivity contribution in [2.24, 2.45) is 0 Å². The lowest BCUT2D eigenvalue weighted by Gasteiger charge is -2.35. The van der Waals surface area contributed by atoms with Crippen molar-refractivity contribution < 1.29 is 23.6 Å². The van der Waals surface area contributed by atoms with Crippen LogP contribution < -0.4 is 9.04 Å². The number of aromatic nitrogens is 1. The fourth-order valence-electron chi connectivity index (χ4n) is 4.96. The van der Waals surface area contributed by atoms with Crippen molar-refractivity contribution >= 4 is 22.6 Å². The van der Waals surface area contributed by atoms with Crippen LogP contribution in [0.25, 0.3) is 22.4 Å². The molecule has 3 aromatic rings. The molecule has 8 heteroatoms. The molecule has 0 spiro atoms. The number of nitrogens with zero attached hydrogens (tertiary/aromatic N) is 2. The molecule has 7 nitrogen and oxygen atoms in total. The quantitative estimate of drug-likeness (QED) is 0.550. The number of rotatable bonds is 6. The Hall–Kier alpha value is -3.23. The molecule has 5 rings (SSSR count). The van der Waals surface area contributed by atoms with Gasteiger partial charge in [-0.25, -0.2) is 4.21 Å². The smallest absolute Gasteiger partial charge is 0.307 e. The summed E-state index contributed by atoms with van der Waals surface area (Å²) in [4.78, 5) is 16.7. The van der Waals surface area contributed by atoms with E-state index in [9.17, 15) is 14.1 Å². The zero-order valence-corrected chi connectivity index (χ0v) is 21.1.